The van der Waals surface area contributed by atoms with Crippen LogP contribution in [-0.2, 0) is 9.59 Å². The van der Waals surface area contributed by atoms with Gasteiger partial charge in [0.05, 0.1) is 0 Å². The van der Waals surface area contributed by atoms with Gasteiger partial charge in [0.1, 0.15) is 11.5 Å². The number of carbonyl (C=O) groups excluding carboxylic acids is 2. The van der Waals surface area contributed by atoms with Crippen LogP contribution in [0.1, 0.15) is 25.2 Å². The highest BCUT2D eigenvalue weighted by Crippen LogP contribution is 2.27. The molecule has 1 aliphatic rings. The number of nitrogens with one attached hydrogen (secondary N) is 1. The van der Waals surface area contributed by atoms with Gasteiger partial charge in [0.15, 0.2) is 0 Å². The number of carbonyl (C=O) groups is 2. The molecule has 2 amide bonds. The summed E-state index contributed by atoms with van der Waals surface area (Å²) in [6.07, 6.45) is 3.09. The first kappa shape index (κ1) is 24.6. The Morgan fingerprint density at radius 2 is 1.71 bits per heavy atom. The Balaban J connectivity index is 1.30. The van der Waals surface area contributed by atoms with E-state index in [2.05, 4.69) is 10.2 Å². The van der Waals surface area contributed by atoms with Crippen molar-refractivity contribution in [1.82, 2.24) is 4.90 Å². The molecule has 0 unspecified atom stereocenters. The van der Waals surface area contributed by atoms with E-state index < -0.39 is 0 Å². The highest BCUT2D eigenvalue weighted by molar-refractivity contribution is 6.31. The minimum Gasteiger partial charge on any atom is -0.457 e. The molecule has 1 aromatic heterocycles. The molecule has 3 aromatic rings. The summed E-state index contributed by atoms with van der Waals surface area (Å²) < 4.78 is 5.83. The fourth-order valence-corrected chi connectivity index (χ4v) is 4.17. The van der Waals surface area contributed by atoms with Crippen molar-refractivity contribution in [1.29, 1.82) is 0 Å². The van der Waals surface area contributed by atoms with Gasteiger partial charge < -0.3 is 19.5 Å². The van der Waals surface area contributed by atoms with Crippen LogP contribution in [0.15, 0.2) is 65.1 Å². The van der Waals surface area contributed by atoms with Crippen molar-refractivity contribution >= 4 is 40.9 Å². The molecule has 1 N–H and O–H groups in total. The summed E-state index contributed by atoms with van der Waals surface area (Å²) in [5, 5.41) is 3.56. The van der Waals surface area contributed by atoms with Crippen LogP contribution < -0.4 is 10.2 Å². The first-order valence-electron chi connectivity index (χ1n) is 11.8. The Bertz CT molecular complexity index is 1220. The zero-order chi connectivity index (χ0) is 24.9. The van der Waals surface area contributed by atoms with Crippen LogP contribution in [-0.4, -0.2) is 42.9 Å². The van der Waals surface area contributed by atoms with Crippen molar-refractivity contribution < 1.29 is 14.0 Å². The summed E-state index contributed by atoms with van der Waals surface area (Å²) in [4.78, 5) is 28.7. The molecule has 35 heavy (non-hydrogen) atoms. The third-order valence-corrected chi connectivity index (χ3v) is 6.47. The molecule has 1 aliphatic heterocycles. The lowest BCUT2D eigenvalue weighted by atomic mass is 10.1. The second-order valence-electron chi connectivity index (χ2n) is 9.00. The van der Waals surface area contributed by atoms with Crippen LogP contribution in [0.25, 0.3) is 17.4 Å². The van der Waals surface area contributed by atoms with E-state index in [9.17, 15) is 9.59 Å². The Morgan fingerprint density at radius 3 is 2.37 bits per heavy atom. The SMILES string of the molecule is Cc1ccc(-c2ccc(C=CC(=O)Nc3ccc(N4CCN(C(=O)C(C)C)CC4)cc3)o2)cc1Cl. The molecule has 1 fully saturated rings. The highest BCUT2D eigenvalue weighted by atomic mass is 35.5. The van der Waals surface area contributed by atoms with Gasteiger partial charge in [0, 0.05) is 60.1 Å². The number of piperazine rings is 1. The number of halogens is 1. The Morgan fingerprint density at radius 1 is 1.00 bits per heavy atom. The van der Waals surface area contributed by atoms with Crippen LogP contribution >= 0.6 is 11.6 Å². The maximum Gasteiger partial charge on any atom is 0.248 e. The molecule has 0 radical (unpaired) electrons. The highest BCUT2D eigenvalue weighted by Gasteiger charge is 2.22. The molecule has 2 aromatic carbocycles. The van der Waals surface area contributed by atoms with E-state index in [4.69, 9.17) is 16.0 Å². The van der Waals surface area contributed by atoms with E-state index in [1.54, 1.807) is 6.08 Å². The molecule has 1 saturated heterocycles. The van der Waals surface area contributed by atoms with Crippen molar-refractivity contribution in [3.63, 3.8) is 0 Å². The van der Waals surface area contributed by atoms with Gasteiger partial charge in [0.25, 0.3) is 0 Å². The van der Waals surface area contributed by atoms with Gasteiger partial charge in [-0.1, -0.05) is 37.6 Å². The molecule has 2 heterocycles. The Kier molecular flexibility index (Phi) is 7.61. The number of furan rings is 1. The molecule has 0 atom stereocenters. The predicted octanol–water partition coefficient (Wildman–Crippen LogP) is 5.86. The average Bonchev–Trinajstić information content (AvgIpc) is 3.34. The molecule has 0 aliphatic carbocycles. The van der Waals surface area contributed by atoms with E-state index in [0.717, 1.165) is 43.0 Å². The molecule has 4 rings (SSSR count). The molecule has 6 nitrogen and oxygen atoms in total. The summed E-state index contributed by atoms with van der Waals surface area (Å²) >= 11 is 6.21. The largest absolute Gasteiger partial charge is 0.457 e. The van der Waals surface area contributed by atoms with Gasteiger partial charge in [-0.05, 0) is 61.0 Å². The minimum atomic E-state index is -0.241. The predicted molar refractivity (Wildman–Crippen MR) is 142 cm³/mol. The lowest BCUT2D eigenvalue weighted by Crippen LogP contribution is -2.49. The third kappa shape index (κ3) is 6.14. The Labute approximate surface area is 211 Å². The van der Waals surface area contributed by atoms with E-state index in [0.29, 0.717) is 22.2 Å². The maximum atomic E-state index is 12.4. The van der Waals surface area contributed by atoms with E-state index in [1.165, 1.54) is 6.08 Å². The first-order valence-corrected chi connectivity index (χ1v) is 12.2. The maximum absolute atomic E-state index is 12.4. The molecule has 0 spiro atoms. The summed E-state index contributed by atoms with van der Waals surface area (Å²) in [6, 6.07) is 17.2. The van der Waals surface area contributed by atoms with Crippen LogP contribution in [0.3, 0.4) is 0 Å². The Hall–Kier alpha value is -3.51. The van der Waals surface area contributed by atoms with Gasteiger partial charge in [-0.25, -0.2) is 0 Å². The van der Waals surface area contributed by atoms with Crippen molar-refractivity contribution in [3.05, 3.63) is 77.0 Å². The van der Waals surface area contributed by atoms with Gasteiger partial charge in [0.2, 0.25) is 11.8 Å². The fourth-order valence-electron chi connectivity index (χ4n) is 3.99. The lowest BCUT2D eigenvalue weighted by Gasteiger charge is -2.37. The van der Waals surface area contributed by atoms with E-state index in [1.807, 2.05) is 80.3 Å². The first-order chi connectivity index (χ1) is 16.8. The van der Waals surface area contributed by atoms with Gasteiger partial charge in [-0.15, -0.1) is 0 Å². The smallest absolute Gasteiger partial charge is 0.248 e. The number of rotatable bonds is 6. The fraction of sp³-hybridized carbons (Fsp3) is 0.286. The molecule has 0 saturated carbocycles. The van der Waals surface area contributed by atoms with Crippen LogP contribution in [0.4, 0.5) is 11.4 Å². The molecular formula is C28H30ClN3O3. The van der Waals surface area contributed by atoms with Gasteiger partial charge >= 0.3 is 0 Å². The minimum absolute atomic E-state index is 0.0284. The number of benzene rings is 2. The topological polar surface area (TPSA) is 65.8 Å². The monoisotopic (exact) mass is 491 g/mol. The summed E-state index contributed by atoms with van der Waals surface area (Å²) in [5.41, 5.74) is 3.69. The van der Waals surface area contributed by atoms with Gasteiger partial charge in [-0.3, -0.25) is 9.59 Å². The third-order valence-electron chi connectivity index (χ3n) is 6.07. The standard InChI is InChI=1S/C28H30ClN3O3/c1-19(2)28(34)32-16-14-31(15-17-32)23-8-6-22(7-9-23)30-27(33)13-11-24-10-12-26(35-24)21-5-4-20(3)25(29)18-21/h4-13,18-19H,14-17H2,1-3H3,(H,30,33). The summed E-state index contributed by atoms with van der Waals surface area (Å²) in [5.74, 6) is 1.27. The number of hydrogen-bond acceptors (Lipinski definition) is 4. The van der Waals surface area contributed by atoms with Crippen LogP contribution in [0.5, 0.6) is 0 Å². The van der Waals surface area contributed by atoms with Crippen LogP contribution in [0.2, 0.25) is 5.02 Å². The zero-order valence-corrected chi connectivity index (χ0v) is 21.0. The molecule has 7 heteroatoms. The van der Waals surface area contributed by atoms with Crippen molar-refractivity contribution in [2.24, 2.45) is 5.92 Å². The number of nitrogens with zero attached hydrogens (tertiary/aromatic N) is 2. The average molecular weight is 492 g/mol. The summed E-state index contributed by atoms with van der Waals surface area (Å²) in [7, 11) is 0. The molecule has 0 bridgehead atoms. The van der Waals surface area contributed by atoms with Crippen LogP contribution in [0, 0.1) is 12.8 Å². The van der Waals surface area contributed by atoms with E-state index >= 15 is 0 Å². The van der Waals surface area contributed by atoms with Gasteiger partial charge in [-0.2, -0.15) is 0 Å². The lowest BCUT2D eigenvalue weighted by molar-refractivity contribution is -0.134. The molecular weight excluding hydrogens is 462 g/mol. The number of hydrogen-bond donors (Lipinski definition) is 1. The second kappa shape index (κ2) is 10.8. The number of amides is 2. The summed E-state index contributed by atoms with van der Waals surface area (Å²) in [6.45, 7) is 8.87. The van der Waals surface area contributed by atoms with E-state index in [-0.39, 0.29) is 17.7 Å². The zero-order valence-electron chi connectivity index (χ0n) is 20.3. The number of anilines is 2. The van der Waals surface area contributed by atoms with Crippen molar-refractivity contribution in [2.45, 2.75) is 20.8 Å². The normalized spacial score (nSPS) is 14.1. The quantitative estimate of drug-likeness (QED) is 0.438. The second-order valence-corrected chi connectivity index (χ2v) is 9.41. The molecule has 182 valence electrons. The number of aryl methyl sites for hydroxylation is 1. The van der Waals surface area contributed by atoms with Crippen molar-refractivity contribution in [3.8, 4) is 11.3 Å². The van der Waals surface area contributed by atoms with Crippen molar-refractivity contribution in [2.75, 3.05) is 36.4 Å².